The fourth-order valence-electron chi connectivity index (χ4n) is 5.61. The number of hydrogen-bond acceptors (Lipinski definition) is 8. The highest BCUT2D eigenvalue weighted by Crippen LogP contribution is 2.47. The summed E-state index contributed by atoms with van der Waals surface area (Å²) in [7, 11) is 0. The second-order valence-corrected chi connectivity index (χ2v) is 10.3. The summed E-state index contributed by atoms with van der Waals surface area (Å²) in [5, 5.41) is 13.5. The first kappa shape index (κ1) is 22.2. The molecule has 2 unspecified atom stereocenters. The van der Waals surface area contributed by atoms with Crippen LogP contribution in [-0.4, -0.2) is 23.1 Å². The van der Waals surface area contributed by atoms with Gasteiger partial charge in [-0.2, -0.15) is 5.26 Å². The van der Waals surface area contributed by atoms with E-state index < -0.39 is 17.7 Å². The van der Waals surface area contributed by atoms with Crippen molar-refractivity contribution in [1.82, 2.24) is 15.3 Å². The number of halogens is 2. The summed E-state index contributed by atoms with van der Waals surface area (Å²) in [5.41, 5.74) is 8.60. The predicted octanol–water partition coefficient (Wildman–Crippen LogP) is 4.90. The molecule has 0 spiro atoms. The Balaban J connectivity index is 1.52. The van der Waals surface area contributed by atoms with Gasteiger partial charge in [0.2, 0.25) is 5.95 Å². The Morgan fingerprint density at radius 2 is 2.14 bits per heavy atom. The van der Waals surface area contributed by atoms with Crippen molar-refractivity contribution < 1.29 is 13.5 Å². The summed E-state index contributed by atoms with van der Waals surface area (Å²) in [5.74, 6) is 0.0718. The molecular formula is C25H24F2N6OS. The van der Waals surface area contributed by atoms with E-state index in [1.165, 1.54) is 6.20 Å². The molecule has 6 rings (SSSR count). The third kappa shape index (κ3) is 3.37. The summed E-state index contributed by atoms with van der Waals surface area (Å²) < 4.78 is 36.7. The molecule has 7 nitrogen and oxygen atoms in total. The number of rotatable bonds is 4. The maximum absolute atomic E-state index is 16.4. The van der Waals surface area contributed by atoms with Gasteiger partial charge in [0.05, 0.1) is 29.7 Å². The van der Waals surface area contributed by atoms with Crippen LogP contribution < -0.4 is 16.0 Å². The topological polar surface area (TPSA) is 100 Å². The Kier molecular flexibility index (Phi) is 5.34. The number of anilines is 2. The maximum atomic E-state index is 16.4. The summed E-state index contributed by atoms with van der Waals surface area (Å²) in [6, 6.07) is 1.29. The quantitative estimate of drug-likeness (QED) is 0.532. The molecule has 3 aliphatic rings. The number of thiophene rings is 1. The van der Waals surface area contributed by atoms with E-state index in [2.05, 4.69) is 33.2 Å². The number of ether oxygens (including phenoxy) is 1. The van der Waals surface area contributed by atoms with Crippen LogP contribution in [-0.2, 0) is 18.0 Å². The minimum absolute atomic E-state index is 0.167. The van der Waals surface area contributed by atoms with Gasteiger partial charge in [-0.05, 0) is 29.9 Å². The maximum Gasteiger partial charge on any atom is 0.225 e. The van der Waals surface area contributed by atoms with Crippen molar-refractivity contribution in [2.45, 2.75) is 45.4 Å². The molecule has 0 amide bonds. The molecule has 35 heavy (non-hydrogen) atoms. The number of nitrogens with zero attached hydrogens (tertiary/aromatic N) is 4. The third-order valence-electron chi connectivity index (χ3n) is 7.25. The molecule has 180 valence electrons. The van der Waals surface area contributed by atoms with Gasteiger partial charge in [-0.3, -0.25) is 0 Å². The summed E-state index contributed by atoms with van der Waals surface area (Å²) in [4.78, 5) is 11.6. The number of hydrogen-bond donors (Lipinski definition) is 2. The lowest BCUT2D eigenvalue weighted by Crippen LogP contribution is -2.25. The Labute approximate surface area is 205 Å². The number of nitrogen functional groups attached to an aromatic ring is 1. The monoisotopic (exact) mass is 494 g/mol. The lowest BCUT2D eigenvalue weighted by Gasteiger charge is -2.26. The fraction of sp³-hybridized carbons (Fsp3) is 0.400. The van der Waals surface area contributed by atoms with Crippen LogP contribution in [0.3, 0.4) is 0 Å². The molecule has 10 heteroatoms. The van der Waals surface area contributed by atoms with Crippen molar-refractivity contribution in [3.8, 4) is 6.07 Å². The molecule has 5 heterocycles. The van der Waals surface area contributed by atoms with E-state index >= 15 is 4.39 Å². The van der Waals surface area contributed by atoms with Crippen LogP contribution in [0.25, 0.3) is 16.7 Å². The molecule has 0 saturated carbocycles. The second kappa shape index (κ2) is 8.43. The van der Waals surface area contributed by atoms with Crippen LogP contribution in [0, 0.1) is 23.1 Å². The van der Waals surface area contributed by atoms with E-state index in [-0.39, 0.29) is 27.6 Å². The van der Waals surface area contributed by atoms with E-state index in [4.69, 9.17) is 10.5 Å². The van der Waals surface area contributed by atoms with Gasteiger partial charge in [0.15, 0.2) is 11.6 Å². The van der Waals surface area contributed by atoms with Gasteiger partial charge >= 0.3 is 0 Å². The largest absolute Gasteiger partial charge is 0.389 e. The lowest BCUT2D eigenvalue weighted by atomic mass is 9.87. The van der Waals surface area contributed by atoms with Crippen LogP contribution in [0.2, 0.25) is 0 Å². The SMILES string of the molecule is CCCC1CCN(c2ncc3c4c(c(C5NC=C(F)c6sc(N)c(C#N)c65)c(F)c3n2)COC4)C1. The molecule has 2 atom stereocenters. The Morgan fingerprint density at radius 1 is 1.31 bits per heavy atom. The van der Waals surface area contributed by atoms with Crippen molar-refractivity contribution in [2.24, 2.45) is 5.92 Å². The minimum atomic E-state index is -0.785. The fourth-order valence-corrected chi connectivity index (χ4v) is 6.57. The Bertz CT molecular complexity index is 1430. The van der Waals surface area contributed by atoms with Crippen LogP contribution in [0.4, 0.5) is 19.7 Å². The van der Waals surface area contributed by atoms with Crippen LogP contribution in [0.5, 0.6) is 0 Å². The average molecular weight is 495 g/mol. The van der Waals surface area contributed by atoms with Crippen LogP contribution in [0.15, 0.2) is 12.4 Å². The van der Waals surface area contributed by atoms with Crippen molar-refractivity contribution in [3.63, 3.8) is 0 Å². The van der Waals surface area contributed by atoms with Gasteiger partial charge < -0.3 is 20.7 Å². The zero-order chi connectivity index (χ0) is 24.3. The number of nitrogens with one attached hydrogen (secondary N) is 1. The van der Waals surface area contributed by atoms with E-state index in [1.54, 1.807) is 6.20 Å². The van der Waals surface area contributed by atoms with E-state index in [0.29, 0.717) is 40.5 Å². The highest BCUT2D eigenvalue weighted by molar-refractivity contribution is 7.17. The van der Waals surface area contributed by atoms with Gasteiger partial charge in [-0.1, -0.05) is 13.3 Å². The van der Waals surface area contributed by atoms with Gasteiger partial charge in [-0.25, -0.2) is 18.7 Å². The van der Waals surface area contributed by atoms with E-state index in [1.807, 2.05) is 0 Å². The van der Waals surface area contributed by atoms with Gasteiger partial charge in [0.25, 0.3) is 0 Å². The highest BCUT2D eigenvalue weighted by Gasteiger charge is 2.36. The van der Waals surface area contributed by atoms with Crippen molar-refractivity contribution >= 4 is 39.0 Å². The van der Waals surface area contributed by atoms with Gasteiger partial charge in [-0.15, -0.1) is 11.3 Å². The molecule has 0 bridgehead atoms. The first-order chi connectivity index (χ1) is 17.0. The van der Waals surface area contributed by atoms with E-state index in [9.17, 15) is 9.65 Å². The van der Waals surface area contributed by atoms with Crippen molar-refractivity contribution in [1.29, 1.82) is 5.26 Å². The zero-order valence-electron chi connectivity index (χ0n) is 19.2. The number of nitriles is 1. The third-order valence-corrected chi connectivity index (χ3v) is 8.29. The summed E-state index contributed by atoms with van der Waals surface area (Å²) in [6.07, 6.45) is 6.25. The summed E-state index contributed by atoms with van der Waals surface area (Å²) >= 11 is 1.00. The Hall–Kier alpha value is -3.29. The molecule has 3 N–H and O–H groups in total. The molecule has 3 aromatic rings. The number of fused-ring (bicyclic) bond motifs is 4. The number of nitrogens with two attached hydrogens (primary N) is 1. The molecule has 2 aromatic heterocycles. The highest BCUT2D eigenvalue weighted by atomic mass is 32.1. The number of aromatic nitrogens is 2. The average Bonchev–Trinajstić information content (AvgIpc) is 3.59. The second-order valence-electron chi connectivity index (χ2n) is 9.29. The first-order valence-corrected chi connectivity index (χ1v) is 12.6. The molecule has 0 radical (unpaired) electrons. The molecule has 3 aliphatic heterocycles. The zero-order valence-corrected chi connectivity index (χ0v) is 20.0. The molecule has 1 aromatic carbocycles. The Morgan fingerprint density at radius 3 is 2.94 bits per heavy atom. The van der Waals surface area contributed by atoms with Crippen molar-refractivity contribution in [2.75, 3.05) is 23.7 Å². The first-order valence-electron chi connectivity index (χ1n) is 11.8. The van der Waals surface area contributed by atoms with E-state index in [0.717, 1.165) is 49.3 Å². The lowest BCUT2D eigenvalue weighted by molar-refractivity contribution is 0.134. The van der Waals surface area contributed by atoms with Crippen molar-refractivity contribution in [3.05, 3.63) is 50.9 Å². The normalized spacial score (nSPS) is 21.0. The molecule has 1 saturated heterocycles. The smallest absolute Gasteiger partial charge is 0.225 e. The molecule has 1 fully saturated rings. The molecule has 0 aliphatic carbocycles. The molecular weight excluding hydrogens is 470 g/mol. The minimum Gasteiger partial charge on any atom is -0.389 e. The predicted molar refractivity (Wildman–Crippen MR) is 131 cm³/mol. The van der Waals surface area contributed by atoms with Crippen LogP contribution >= 0.6 is 11.3 Å². The number of benzene rings is 1. The van der Waals surface area contributed by atoms with Crippen LogP contribution in [0.1, 0.15) is 64.9 Å². The van der Waals surface area contributed by atoms with Gasteiger partial charge in [0, 0.05) is 42.0 Å². The van der Waals surface area contributed by atoms with Gasteiger partial charge in [0.1, 0.15) is 16.6 Å². The summed E-state index contributed by atoms with van der Waals surface area (Å²) in [6.45, 7) is 4.41. The standard InChI is InChI=1S/C25H24F2N6OS/c1-2-3-12-4-5-33(9-12)25-31-7-14-15-10-34-11-16(15)18(20(27)21(14)32-25)22-19-13(6-28)24(29)35-23(19)17(26)8-30-22/h7-8,12,22,30H,2-5,9-11,29H2,1H3.